The van der Waals surface area contributed by atoms with E-state index < -0.39 is 0 Å². The predicted molar refractivity (Wildman–Crippen MR) is 254 cm³/mol. The van der Waals surface area contributed by atoms with Crippen molar-refractivity contribution in [3.8, 4) is 78.5 Å². The van der Waals surface area contributed by atoms with E-state index in [0.29, 0.717) is 5.82 Å². The lowest BCUT2D eigenvalue weighted by Crippen LogP contribution is -2.00. The van der Waals surface area contributed by atoms with Crippen molar-refractivity contribution >= 4 is 38.2 Å². The summed E-state index contributed by atoms with van der Waals surface area (Å²) in [7, 11) is 0. The molecule has 0 bridgehead atoms. The van der Waals surface area contributed by atoms with Crippen LogP contribution in [0.1, 0.15) is 0 Å². The molecule has 0 fully saturated rings. The number of aromatic nitrogens is 4. The molecule has 0 aliphatic carbocycles. The molecule has 4 heterocycles. The maximum absolute atomic E-state index is 6.40. The molecule has 0 N–H and O–H groups in total. The third-order valence-electron chi connectivity index (χ3n) is 11.9. The molecule has 0 saturated carbocycles. The molecule has 12 aromatic rings. The van der Waals surface area contributed by atoms with E-state index in [2.05, 4.69) is 187 Å². The second-order valence-corrected chi connectivity index (χ2v) is 15.6. The van der Waals surface area contributed by atoms with Crippen LogP contribution in [-0.2, 0) is 0 Å². The first-order valence-electron chi connectivity index (χ1n) is 20.8. The molecule has 0 amide bonds. The van der Waals surface area contributed by atoms with Crippen LogP contribution < -0.4 is 0 Å². The van der Waals surface area contributed by atoms with Gasteiger partial charge in [0.25, 0.3) is 0 Å². The van der Waals surface area contributed by atoms with Gasteiger partial charge in [0.2, 0.25) is 0 Å². The lowest BCUT2D eigenvalue weighted by atomic mass is 9.91. The van der Waals surface area contributed by atoms with Crippen LogP contribution in [0.2, 0.25) is 0 Å². The summed E-state index contributed by atoms with van der Waals surface area (Å²) in [5, 5.41) is 9.65. The first kappa shape index (κ1) is 35.5. The van der Waals surface area contributed by atoms with E-state index in [4.69, 9.17) is 19.5 Å². The van der Waals surface area contributed by atoms with E-state index >= 15 is 0 Å². The Bertz CT molecular complexity index is 3610. The van der Waals surface area contributed by atoms with Crippen molar-refractivity contribution in [2.24, 2.45) is 0 Å². The van der Waals surface area contributed by atoms with Crippen molar-refractivity contribution in [3.05, 3.63) is 219 Å². The normalized spacial score (nSPS) is 11.5. The van der Waals surface area contributed by atoms with Crippen LogP contribution in [-0.4, -0.2) is 19.6 Å². The van der Waals surface area contributed by atoms with Gasteiger partial charge in [0.1, 0.15) is 11.2 Å². The number of rotatable bonds is 7. The van der Waals surface area contributed by atoms with E-state index in [1.165, 1.54) is 0 Å². The molecule has 5 heteroatoms. The van der Waals surface area contributed by atoms with Crippen LogP contribution in [0.5, 0.6) is 0 Å². The fourth-order valence-electron chi connectivity index (χ4n) is 8.99. The third-order valence-corrected chi connectivity index (χ3v) is 11.9. The highest BCUT2D eigenvalue weighted by Crippen LogP contribution is 2.44. The highest BCUT2D eigenvalue weighted by Gasteiger charge is 2.22. The molecule has 8 aromatic carbocycles. The zero-order valence-electron chi connectivity index (χ0n) is 33.5. The number of hydrogen-bond donors (Lipinski definition) is 0. The summed E-state index contributed by atoms with van der Waals surface area (Å²) in [6, 6.07) is 74.1. The number of furan rings is 1. The molecule has 0 unspecified atom stereocenters. The van der Waals surface area contributed by atoms with Crippen LogP contribution in [0.4, 0.5) is 0 Å². The monoisotopic (exact) mass is 792 g/mol. The predicted octanol–water partition coefficient (Wildman–Crippen LogP) is 14.8. The molecule has 12 rings (SSSR count). The van der Waals surface area contributed by atoms with Crippen LogP contribution in [0.15, 0.2) is 223 Å². The maximum atomic E-state index is 6.40. The lowest BCUT2D eigenvalue weighted by Gasteiger charge is -2.18. The van der Waals surface area contributed by atoms with Gasteiger partial charge in [0, 0.05) is 55.1 Å². The van der Waals surface area contributed by atoms with Crippen LogP contribution in [0.25, 0.3) is 117 Å². The first-order valence-corrected chi connectivity index (χ1v) is 20.8. The summed E-state index contributed by atoms with van der Waals surface area (Å²) in [6.07, 6.45) is 2.00. The molecule has 0 spiro atoms. The van der Waals surface area contributed by atoms with Gasteiger partial charge in [-0.25, -0.2) is 14.5 Å². The minimum atomic E-state index is 0.668. The topological polar surface area (TPSA) is 56.2 Å². The maximum Gasteiger partial charge on any atom is 0.160 e. The number of para-hydroxylation sites is 2. The average Bonchev–Trinajstić information content (AvgIpc) is 3.97. The van der Waals surface area contributed by atoms with Crippen molar-refractivity contribution in [2.45, 2.75) is 0 Å². The molecule has 0 aliphatic rings. The molecule has 5 nitrogen and oxygen atoms in total. The Morgan fingerprint density at radius 3 is 1.68 bits per heavy atom. The molecule has 290 valence electrons. The molecule has 0 saturated heterocycles. The van der Waals surface area contributed by atoms with E-state index in [0.717, 1.165) is 111 Å². The Hall–Kier alpha value is -8.41. The number of nitrogens with zero attached hydrogens (tertiary/aromatic N) is 4. The highest BCUT2D eigenvalue weighted by molar-refractivity contribution is 6.13. The Morgan fingerprint density at radius 1 is 0.371 bits per heavy atom. The van der Waals surface area contributed by atoms with Crippen LogP contribution in [0, 0.1) is 0 Å². The summed E-state index contributed by atoms with van der Waals surface area (Å²) in [5.74, 6) is 0.668. The average molecular weight is 793 g/mol. The number of hydrogen-bond acceptors (Lipinski definition) is 4. The van der Waals surface area contributed by atoms with E-state index in [-0.39, 0.29) is 0 Å². The Labute approximate surface area is 357 Å². The van der Waals surface area contributed by atoms with E-state index in [1.807, 2.05) is 36.5 Å². The van der Waals surface area contributed by atoms with E-state index in [1.54, 1.807) is 0 Å². The van der Waals surface area contributed by atoms with Crippen molar-refractivity contribution in [3.63, 3.8) is 0 Å². The van der Waals surface area contributed by atoms with Gasteiger partial charge in [-0.3, -0.25) is 0 Å². The van der Waals surface area contributed by atoms with Gasteiger partial charge in [0.05, 0.1) is 28.8 Å². The zero-order chi connectivity index (χ0) is 41.0. The van der Waals surface area contributed by atoms with Crippen LogP contribution in [0.3, 0.4) is 0 Å². The molecule has 0 atom stereocenters. The third kappa shape index (κ3) is 5.98. The smallest absolute Gasteiger partial charge is 0.160 e. The number of pyridine rings is 1. The van der Waals surface area contributed by atoms with Crippen LogP contribution >= 0.6 is 0 Å². The molecular weight excluding hydrogens is 757 g/mol. The summed E-state index contributed by atoms with van der Waals surface area (Å²) in [4.78, 5) is 10.4. The van der Waals surface area contributed by atoms with Crippen molar-refractivity contribution < 1.29 is 4.42 Å². The van der Waals surface area contributed by atoms with Gasteiger partial charge in [-0.05, 0) is 40.3 Å². The van der Waals surface area contributed by atoms with Gasteiger partial charge in [-0.2, -0.15) is 5.10 Å². The minimum Gasteiger partial charge on any atom is -0.455 e. The van der Waals surface area contributed by atoms with Crippen molar-refractivity contribution in [2.75, 3.05) is 0 Å². The first-order chi connectivity index (χ1) is 30.7. The Kier molecular flexibility index (Phi) is 8.42. The van der Waals surface area contributed by atoms with Gasteiger partial charge in [-0.1, -0.05) is 194 Å². The van der Waals surface area contributed by atoms with Gasteiger partial charge in [-0.15, -0.1) is 0 Å². The second kappa shape index (κ2) is 14.7. The summed E-state index contributed by atoms with van der Waals surface area (Å²) in [5.41, 5.74) is 16.2. The Morgan fingerprint density at radius 2 is 0.919 bits per heavy atom. The van der Waals surface area contributed by atoms with Gasteiger partial charge in [0.15, 0.2) is 5.82 Å². The summed E-state index contributed by atoms with van der Waals surface area (Å²) >= 11 is 0. The fraction of sp³-hybridized carbons (Fsp3) is 0. The number of benzene rings is 8. The largest absolute Gasteiger partial charge is 0.455 e. The molecule has 0 radical (unpaired) electrons. The Balaban J connectivity index is 1.02. The SMILES string of the molecule is c1ccc(-c2nc(-c3ccc(-c4cccc5c4oc4ccccc45)cc3)cc(-c3cccc(-c4c(-c5ccccc5)n5ncc(-c6ccccc6)c5c5ccccc45)c3)n2)cc1. The summed E-state index contributed by atoms with van der Waals surface area (Å²) < 4.78 is 8.53. The minimum absolute atomic E-state index is 0.668. The fourth-order valence-corrected chi connectivity index (χ4v) is 8.99. The quantitative estimate of drug-likeness (QED) is 0.161. The van der Waals surface area contributed by atoms with Crippen molar-refractivity contribution in [1.29, 1.82) is 0 Å². The molecular formula is C57H36N4O. The summed E-state index contributed by atoms with van der Waals surface area (Å²) in [6.45, 7) is 0. The lowest BCUT2D eigenvalue weighted by molar-refractivity contribution is 0.670. The highest BCUT2D eigenvalue weighted by atomic mass is 16.3. The van der Waals surface area contributed by atoms with E-state index in [9.17, 15) is 0 Å². The van der Waals surface area contributed by atoms with Crippen molar-refractivity contribution in [1.82, 2.24) is 19.6 Å². The second-order valence-electron chi connectivity index (χ2n) is 15.6. The standard InChI is InChI=1S/C57H36N4O/c1-4-16-37(17-5-1)49-36-58-61-54(40-18-6-2-7-19-40)53(46-25-10-11-26-47(46)55(49)61)43-23-14-22-42(34-43)51-35-50(59-57(60-51)41-20-8-3-9-21-41)39-32-30-38(31-33-39)44-27-15-28-48-45-24-12-13-29-52(45)62-56(44)48/h1-36H. The zero-order valence-corrected chi connectivity index (χ0v) is 33.5. The van der Waals surface area contributed by atoms with Gasteiger partial charge < -0.3 is 4.42 Å². The van der Waals surface area contributed by atoms with Gasteiger partial charge >= 0.3 is 0 Å². The number of fused-ring (bicyclic) bond motifs is 6. The molecule has 62 heavy (non-hydrogen) atoms. The molecule has 4 aromatic heterocycles. The molecule has 0 aliphatic heterocycles.